The van der Waals surface area contributed by atoms with E-state index < -0.39 is 0 Å². The number of likely N-dealkylation sites (tertiary alicyclic amines) is 1. The fraction of sp³-hybridized carbons (Fsp3) is 0.412. The summed E-state index contributed by atoms with van der Waals surface area (Å²) < 4.78 is 18.9. The molecule has 0 aromatic heterocycles. The lowest BCUT2D eigenvalue weighted by molar-refractivity contribution is -0.148. The van der Waals surface area contributed by atoms with Gasteiger partial charge >= 0.3 is 5.97 Å². The van der Waals surface area contributed by atoms with Crippen LogP contribution in [0.25, 0.3) is 11.1 Å². The Morgan fingerprint density at radius 3 is 2.30 bits per heavy atom. The molecule has 1 aliphatic heterocycles. The number of hydrogen-bond acceptors (Lipinski definition) is 4. The second-order valence-corrected chi connectivity index (χ2v) is 11.4. The van der Waals surface area contributed by atoms with Crippen LogP contribution in [0.15, 0.2) is 78.9 Å². The summed E-state index contributed by atoms with van der Waals surface area (Å²) in [5.41, 5.74) is 3.11. The first-order valence-corrected chi connectivity index (χ1v) is 14.4. The van der Waals surface area contributed by atoms with Crippen molar-refractivity contribution in [2.75, 3.05) is 19.6 Å². The van der Waals surface area contributed by atoms with Gasteiger partial charge in [-0.25, -0.2) is 4.39 Å². The summed E-state index contributed by atoms with van der Waals surface area (Å²) in [7, 11) is 0. The van der Waals surface area contributed by atoms with Crippen LogP contribution in [0.4, 0.5) is 4.39 Å². The van der Waals surface area contributed by atoms with Crippen molar-refractivity contribution in [3.63, 3.8) is 0 Å². The Labute approximate surface area is 237 Å². The van der Waals surface area contributed by atoms with Crippen molar-refractivity contribution >= 4 is 11.9 Å². The normalized spacial score (nSPS) is 15.9. The van der Waals surface area contributed by atoms with Gasteiger partial charge in [-0.05, 0) is 81.0 Å². The maximum atomic E-state index is 13.4. The Morgan fingerprint density at radius 1 is 0.975 bits per heavy atom. The average Bonchev–Trinajstić information content (AvgIpc) is 2.94. The fourth-order valence-electron chi connectivity index (χ4n) is 5.62. The Balaban J connectivity index is 1.29. The molecule has 0 saturated carbocycles. The van der Waals surface area contributed by atoms with Gasteiger partial charge in [0.25, 0.3) is 5.91 Å². The molecule has 6 heteroatoms. The molecule has 40 heavy (non-hydrogen) atoms. The number of carbonyl (C=O) groups excluding carboxylic acids is 2. The van der Waals surface area contributed by atoms with Gasteiger partial charge in [-0.15, -0.1) is 0 Å². The van der Waals surface area contributed by atoms with Crippen LogP contribution in [0.5, 0.6) is 0 Å². The van der Waals surface area contributed by atoms with Crippen LogP contribution in [0.2, 0.25) is 0 Å². The topological polar surface area (TPSA) is 58.6 Å². The minimum atomic E-state index is -0.296. The zero-order chi connectivity index (χ0) is 28.5. The standard InChI is InChI=1S/C34H41FN2O3/c1-25(2)40-32(38)24-34(3,27-10-5-4-6-11-27)20-9-21-37-22-18-29(19-23-37)36-33(39)31-13-8-7-12-30(31)26-14-16-28(35)17-15-26/h4-8,10-17,25,29H,9,18-24H2,1-3H3,(H,36,39). The molecule has 0 aliphatic carbocycles. The van der Waals surface area contributed by atoms with E-state index in [9.17, 15) is 14.0 Å². The van der Waals surface area contributed by atoms with E-state index in [1.54, 1.807) is 12.1 Å². The molecule has 1 unspecified atom stereocenters. The molecular weight excluding hydrogens is 503 g/mol. The van der Waals surface area contributed by atoms with Crippen LogP contribution < -0.4 is 5.32 Å². The zero-order valence-corrected chi connectivity index (χ0v) is 23.9. The van der Waals surface area contributed by atoms with Gasteiger partial charge in [0.15, 0.2) is 0 Å². The van der Waals surface area contributed by atoms with E-state index in [1.807, 2.05) is 56.3 Å². The van der Waals surface area contributed by atoms with Crippen molar-refractivity contribution < 1.29 is 18.7 Å². The first-order chi connectivity index (χ1) is 19.2. The summed E-state index contributed by atoms with van der Waals surface area (Å²) in [5.74, 6) is -0.542. The van der Waals surface area contributed by atoms with Crippen LogP contribution >= 0.6 is 0 Å². The van der Waals surface area contributed by atoms with Crippen molar-refractivity contribution in [3.05, 3.63) is 95.8 Å². The molecule has 0 bridgehead atoms. The lowest BCUT2D eigenvalue weighted by Crippen LogP contribution is -2.45. The maximum absolute atomic E-state index is 13.4. The Morgan fingerprint density at radius 2 is 1.62 bits per heavy atom. The van der Waals surface area contributed by atoms with Gasteiger partial charge in [-0.1, -0.05) is 67.6 Å². The fourth-order valence-corrected chi connectivity index (χ4v) is 5.62. The molecule has 4 rings (SSSR count). The largest absolute Gasteiger partial charge is 0.463 e. The zero-order valence-electron chi connectivity index (χ0n) is 23.9. The van der Waals surface area contributed by atoms with Gasteiger partial charge in [0.1, 0.15) is 5.82 Å². The van der Waals surface area contributed by atoms with E-state index in [-0.39, 0.29) is 35.3 Å². The predicted octanol–water partition coefficient (Wildman–Crippen LogP) is 6.77. The van der Waals surface area contributed by atoms with E-state index in [0.717, 1.165) is 62.0 Å². The highest BCUT2D eigenvalue weighted by Gasteiger charge is 2.31. The molecule has 5 nitrogen and oxygen atoms in total. The Hall–Kier alpha value is -3.51. The number of rotatable bonds is 11. The number of nitrogens with one attached hydrogen (secondary N) is 1. The number of esters is 1. The van der Waals surface area contributed by atoms with Gasteiger partial charge in [0, 0.05) is 30.1 Å². The molecule has 3 aromatic carbocycles. The van der Waals surface area contributed by atoms with Crippen LogP contribution in [-0.2, 0) is 14.9 Å². The summed E-state index contributed by atoms with van der Waals surface area (Å²) in [6.45, 7) is 8.72. The molecule has 1 heterocycles. The lowest BCUT2D eigenvalue weighted by atomic mass is 9.76. The number of nitrogens with zero attached hydrogens (tertiary/aromatic N) is 1. The molecule has 1 amide bonds. The van der Waals surface area contributed by atoms with Crippen molar-refractivity contribution in [1.82, 2.24) is 10.2 Å². The lowest BCUT2D eigenvalue weighted by Gasteiger charge is -2.34. The molecular formula is C34H41FN2O3. The number of carbonyl (C=O) groups is 2. The van der Waals surface area contributed by atoms with Gasteiger partial charge in [-0.2, -0.15) is 0 Å². The third kappa shape index (κ3) is 8.01. The van der Waals surface area contributed by atoms with Gasteiger partial charge in [0.05, 0.1) is 12.5 Å². The molecule has 212 valence electrons. The molecule has 1 aliphatic rings. The quantitative estimate of drug-likeness (QED) is 0.271. The second kappa shape index (κ2) is 13.7. The Kier molecular flexibility index (Phi) is 10.1. The number of hydrogen-bond donors (Lipinski definition) is 1. The molecule has 1 saturated heterocycles. The van der Waals surface area contributed by atoms with Crippen LogP contribution in [0.1, 0.15) is 68.8 Å². The number of benzene rings is 3. The maximum Gasteiger partial charge on any atom is 0.306 e. The summed E-state index contributed by atoms with van der Waals surface area (Å²) in [5, 5.41) is 3.23. The first kappa shape index (κ1) is 29.5. The smallest absolute Gasteiger partial charge is 0.306 e. The van der Waals surface area contributed by atoms with Crippen LogP contribution in [0, 0.1) is 5.82 Å². The van der Waals surface area contributed by atoms with Gasteiger partial charge < -0.3 is 15.0 Å². The average molecular weight is 545 g/mol. The van der Waals surface area contributed by atoms with E-state index in [0.29, 0.717) is 12.0 Å². The van der Waals surface area contributed by atoms with Crippen LogP contribution in [-0.4, -0.2) is 48.6 Å². The molecule has 0 spiro atoms. The third-order valence-electron chi connectivity index (χ3n) is 7.82. The molecule has 0 radical (unpaired) electrons. The van der Waals surface area contributed by atoms with Crippen molar-refractivity contribution in [3.8, 4) is 11.1 Å². The summed E-state index contributed by atoms with van der Waals surface area (Å²) in [6, 6.07) is 24.1. The highest BCUT2D eigenvalue weighted by molar-refractivity contribution is 6.01. The van der Waals surface area contributed by atoms with Gasteiger partial charge in [-0.3, -0.25) is 9.59 Å². The summed E-state index contributed by atoms with van der Waals surface area (Å²) >= 11 is 0. The minimum Gasteiger partial charge on any atom is -0.463 e. The van der Waals surface area contributed by atoms with E-state index >= 15 is 0 Å². The van der Waals surface area contributed by atoms with Crippen molar-refractivity contribution in [2.45, 2.75) is 70.4 Å². The Bertz CT molecular complexity index is 1250. The molecule has 1 fully saturated rings. The number of halogens is 1. The number of piperidine rings is 1. The molecule has 1 N–H and O–H groups in total. The summed E-state index contributed by atoms with van der Waals surface area (Å²) in [4.78, 5) is 28.2. The highest BCUT2D eigenvalue weighted by atomic mass is 19.1. The molecule has 1 atom stereocenters. The van der Waals surface area contributed by atoms with Crippen molar-refractivity contribution in [2.24, 2.45) is 0 Å². The SMILES string of the molecule is CC(C)OC(=O)CC(C)(CCCN1CCC(NC(=O)c2ccccc2-c2ccc(F)cc2)CC1)c1ccccc1. The molecule has 3 aromatic rings. The van der Waals surface area contributed by atoms with Gasteiger partial charge in [0.2, 0.25) is 0 Å². The number of amides is 1. The van der Waals surface area contributed by atoms with E-state index in [2.05, 4.69) is 29.3 Å². The summed E-state index contributed by atoms with van der Waals surface area (Å²) in [6.07, 6.45) is 3.89. The second-order valence-electron chi connectivity index (χ2n) is 11.4. The van der Waals surface area contributed by atoms with E-state index in [4.69, 9.17) is 4.74 Å². The van der Waals surface area contributed by atoms with E-state index in [1.165, 1.54) is 12.1 Å². The monoisotopic (exact) mass is 544 g/mol. The number of ether oxygens (including phenoxy) is 1. The first-order valence-electron chi connectivity index (χ1n) is 14.4. The van der Waals surface area contributed by atoms with Crippen LogP contribution in [0.3, 0.4) is 0 Å². The van der Waals surface area contributed by atoms with Crippen molar-refractivity contribution in [1.29, 1.82) is 0 Å². The predicted molar refractivity (Wildman–Crippen MR) is 158 cm³/mol. The minimum absolute atomic E-state index is 0.0923. The highest BCUT2D eigenvalue weighted by Crippen LogP contribution is 2.33. The third-order valence-corrected chi connectivity index (χ3v) is 7.82.